The van der Waals surface area contributed by atoms with Gasteiger partial charge in [-0.25, -0.2) is 4.39 Å². The van der Waals surface area contributed by atoms with E-state index < -0.39 is 0 Å². The average Bonchev–Trinajstić information content (AvgIpc) is 2.84. The Labute approximate surface area is 113 Å². The Morgan fingerprint density at radius 3 is 2.74 bits per heavy atom. The number of hydrogen-bond donors (Lipinski definition) is 1. The monoisotopic (exact) mass is 261 g/mol. The Balaban J connectivity index is 2.20. The second-order valence-corrected chi connectivity index (χ2v) is 4.90. The predicted molar refractivity (Wildman–Crippen MR) is 75.5 cm³/mol. The SMILES string of the molecule is CCCNC(C)c1ccc(-c2cc(C)cc(F)c2)o1. The lowest BCUT2D eigenvalue weighted by molar-refractivity contribution is 0.438. The van der Waals surface area contributed by atoms with Crippen molar-refractivity contribution in [3.63, 3.8) is 0 Å². The smallest absolute Gasteiger partial charge is 0.134 e. The van der Waals surface area contributed by atoms with Gasteiger partial charge < -0.3 is 9.73 Å². The van der Waals surface area contributed by atoms with Crippen molar-refractivity contribution in [1.82, 2.24) is 5.32 Å². The molecule has 2 nitrogen and oxygen atoms in total. The summed E-state index contributed by atoms with van der Waals surface area (Å²) in [7, 11) is 0. The van der Waals surface area contributed by atoms with E-state index >= 15 is 0 Å². The quantitative estimate of drug-likeness (QED) is 0.860. The fraction of sp³-hybridized carbons (Fsp3) is 0.375. The number of nitrogens with one attached hydrogen (secondary N) is 1. The second kappa shape index (κ2) is 6.02. The molecule has 0 bridgehead atoms. The van der Waals surface area contributed by atoms with Crippen molar-refractivity contribution >= 4 is 0 Å². The molecule has 0 fully saturated rings. The van der Waals surface area contributed by atoms with Gasteiger partial charge in [0.2, 0.25) is 0 Å². The molecule has 2 rings (SSSR count). The Hall–Kier alpha value is -1.61. The number of furan rings is 1. The lowest BCUT2D eigenvalue weighted by Crippen LogP contribution is -2.18. The van der Waals surface area contributed by atoms with E-state index in [1.165, 1.54) is 12.1 Å². The van der Waals surface area contributed by atoms with Crippen molar-refractivity contribution in [2.45, 2.75) is 33.2 Å². The first-order valence-electron chi connectivity index (χ1n) is 6.71. The van der Waals surface area contributed by atoms with E-state index in [9.17, 15) is 4.39 Å². The molecule has 0 radical (unpaired) electrons. The van der Waals surface area contributed by atoms with Crippen LogP contribution in [-0.4, -0.2) is 6.54 Å². The van der Waals surface area contributed by atoms with Crippen LogP contribution in [0, 0.1) is 12.7 Å². The van der Waals surface area contributed by atoms with Crippen LogP contribution in [0.3, 0.4) is 0 Å². The van der Waals surface area contributed by atoms with Crippen LogP contribution in [0.2, 0.25) is 0 Å². The van der Waals surface area contributed by atoms with Gasteiger partial charge >= 0.3 is 0 Å². The minimum absolute atomic E-state index is 0.170. The highest BCUT2D eigenvalue weighted by Crippen LogP contribution is 2.26. The summed E-state index contributed by atoms with van der Waals surface area (Å²) in [6, 6.07) is 8.95. The van der Waals surface area contributed by atoms with E-state index in [1.807, 2.05) is 25.1 Å². The molecule has 0 saturated heterocycles. The van der Waals surface area contributed by atoms with Crippen LogP contribution < -0.4 is 5.32 Å². The first kappa shape index (κ1) is 13.8. The molecule has 0 amide bonds. The summed E-state index contributed by atoms with van der Waals surface area (Å²) in [4.78, 5) is 0. The fourth-order valence-corrected chi connectivity index (χ4v) is 2.08. The number of aryl methyl sites for hydroxylation is 1. The Bertz CT molecular complexity index is 527. The standard InChI is InChI=1S/C16H20FNO/c1-4-7-18-12(3)15-5-6-16(19-15)13-8-11(2)9-14(17)10-13/h5-6,8-10,12,18H,4,7H2,1-3H3. The number of halogens is 1. The molecule has 2 aromatic rings. The average molecular weight is 261 g/mol. The zero-order valence-electron chi connectivity index (χ0n) is 11.7. The van der Waals surface area contributed by atoms with Gasteiger partial charge in [0.1, 0.15) is 17.3 Å². The number of benzene rings is 1. The van der Waals surface area contributed by atoms with Gasteiger partial charge in [-0.2, -0.15) is 0 Å². The highest BCUT2D eigenvalue weighted by atomic mass is 19.1. The van der Waals surface area contributed by atoms with Crippen LogP contribution in [0.4, 0.5) is 4.39 Å². The molecule has 1 atom stereocenters. The van der Waals surface area contributed by atoms with Crippen LogP contribution in [-0.2, 0) is 0 Å². The molecule has 3 heteroatoms. The number of hydrogen-bond acceptors (Lipinski definition) is 2. The van der Waals surface area contributed by atoms with Gasteiger partial charge in [-0.3, -0.25) is 0 Å². The van der Waals surface area contributed by atoms with E-state index in [-0.39, 0.29) is 11.9 Å². The largest absolute Gasteiger partial charge is 0.459 e. The summed E-state index contributed by atoms with van der Waals surface area (Å²) in [5.41, 5.74) is 1.68. The molecule has 0 saturated carbocycles. The molecule has 1 aromatic carbocycles. The molecule has 1 N–H and O–H groups in total. The highest BCUT2D eigenvalue weighted by molar-refractivity contribution is 5.58. The molecule has 0 aliphatic carbocycles. The lowest BCUT2D eigenvalue weighted by atomic mass is 10.1. The third-order valence-corrected chi connectivity index (χ3v) is 3.08. The van der Waals surface area contributed by atoms with Gasteiger partial charge in [-0.1, -0.05) is 6.92 Å². The normalized spacial score (nSPS) is 12.6. The highest BCUT2D eigenvalue weighted by Gasteiger charge is 2.11. The maximum atomic E-state index is 13.4. The van der Waals surface area contributed by atoms with Crippen molar-refractivity contribution in [2.75, 3.05) is 6.54 Å². The first-order chi connectivity index (χ1) is 9.10. The van der Waals surface area contributed by atoms with Gasteiger partial charge in [0, 0.05) is 5.56 Å². The van der Waals surface area contributed by atoms with Gasteiger partial charge in [-0.15, -0.1) is 0 Å². The molecule has 19 heavy (non-hydrogen) atoms. The molecular formula is C16H20FNO. The summed E-state index contributed by atoms with van der Waals surface area (Å²) < 4.78 is 19.2. The second-order valence-electron chi connectivity index (χ2n) is 4.90. The van der Waals surface area contributed by atoms with Crippen molar-refractivity contribution in [3.8, 4) is 11.3 Å². The van der Waals surface area contributed by atoms with Crippen molar-refractivity contribution in [1.29, 1.82) is 0 Å². The summed E-state index contributed by atoms with van der Waals surface area (Å²) >= 11 is 0. The molecule has 1 aromatic heterocycles. The van der Waals surface area contributed by atoms with Gasteiger partial charge in [0.25, 0.3) is 0 Å². The lowest BCUT2D eigenvalue weighted by Gasteiger charge is -2.09. The van der Waals surface area contributed by atoms with Crippen LogP contribution in [0.25, 0.3) is 11.3 Å². The van der Waals surface area contributed by atoms with Crippen LogP contribution in [0.1, 0.15) is 37.6 Å². The van der Waals surface area contributed by atoms with E-state index in [0.29, 0.717) is 5.76 Å². The Kier molecular flexibility index (Phi) is 4.38. The fourth-order valence-electron chi connectivity index (χ4n) is 2.08. The van der Waals surface area contributed by atoms with E-state index in [0.717, 1.165) is 29.9 Å². The van der Waals surface area contributed by atoms with E-state index in [1.54, 1.807) is 0 Å². The van der Waals surface area contributed by atoms with Gasteiger partial charge in [-0.05, 0) is 62.7 Å². The molecule has 1 unspecified atom stereocenters. The molecule has 102 valence electrons. The van der Waals surface area contributed by atoms with Crippen LogP contribution in [0.15, 0.2) is 34.7 Å². The van der Waals surface area contributed by atoms with Gasteiger partial charge in [0.15, 0.2) is 0 Å². The molecular weight excluding hydrogens is 241 g/mol. The summed E-state index contributed by atoms with van der Waals surface area (Å²) in [5.74, 6) is 1.36. The Morgan fingerprint density at radius 2 is 2.05 bits per heavy atom. The van der Waals surface area contributed by atoms with E-state index in [2.05, 4.69) is 19.2 Å². The van der Waals surface area contributed by atoms with Crippen LogP contribution in [0.5, 0.6) is 0 Å². The zero-order chi connectivity index (χ0) is 13.8. The third kappa shape index (κ3) is 3.44. The third-order valence-electron chi connectivity index (χ3n) is 3.08. The summed E-state index contributed by atoms with van der Waals surface area (Å²) in [6.07, 6.45) is 1.08. The number of rotatable bonds is 5. The maximum absolute atomic E-state index is 13.4. The molecule has 0 aliphatic rings. The minimum Gasteiger partial charge on any atom is -0.459 e. The van der Waals surface area contributed by atoms with Crippen molar-refractivity contribution in [3.05, 3.63) is 47.5 Å². The summed E-state index contributed by atoms with van der Waals surface area (Å²) in [6.45, 7) is 7.02. The van der Waals surface area contributed by atoms with Gasteiger partial charge in [0.05, 0.1) is 6.04 Å². The molecule has 0 aliphatic heterocycles. The molecule has 0 spiro atoms. The van der Waals surface area contributed by atoms with Crippen molar-refractivity contribution in [2.24, 2.45) is 0 Å². The topological polar surface area (TPSA) is 25.2 Å². The van der Waals surface area contributed by atoms with Crippen LogP contribution >= 0.6 is 0 Å². The first-order valence-corrected chi connectivity index (χ1v) is 6.71. The maximum Gasteiger partial charge on any atom is 0.134 e. The minimum atomic E-state index is -0.231. The predicted octanol–water partition coefficient (Wildman–Crippen LogP) is 4.45. The zero-order valence-corrected chi connectivity index (χ0v) is 11.7. The Morgan fingerprint density at radius 1 is 1.26 bits per heavy atom. The van der Waals surface area contributed by atoms with E-state index in [4.69, 9.17) is 4.42 Å². The summed E-state index contributed by atoms with van der Waals surface area (Å²) in [5, 5.41) is 3.37. The molecule has 1 heterocycles. The van der Waals surface area contributed by atoms with Crippen molar-refractivity contribution < 1.29 is 8.81 Å².